The highest BCUT2D eigenvalue weighted by Crippen LogP contribution is 2.49. The first-order valence-electron chi connectivity index (χ1n) is 7.26. The first kappa shape index (κ1) is 14.2. The molecule has 0 aromatic heterocycles. The van der Waals surface area contributed by atoms with E-state index in [4.69, 9.17) is 22.7 Å². The predicted molar refractivity (Wildman–Crippen MR) is 78.8 cm³/mol. The minimum absolute atomic E-state index is 0.415. The number of nitrogens with zero attached hydrogens (tertiary/aromatic N) is 1. The van der Waals surface area contributed by atoms with Crippen LogP contribution in [-0.4, -0.2) is 42.2 Å². The molecule has 1 unspecified atom stereocenters. The second-order valence-corrected chi connectivity index (χ2v) is 6.54. The van der Waals surface area contributed by atoms with E-state index >= 15 is 0 Å². The second kappa shape index (κ2) is 6.31. The Morgan fingerprint density at radius 1 is 1.50 bits per heavy atom. The Morgan fingerprint density at radius 2 is 2.28 bits per heavy atom. The highest BCUT2D eigenvalue weighted by atomic mass is 32.1. The normalized spacial score (nSPS) is 27.1. The van der Waals surface area contributed by atoms with Crippen molar-refractivity contribution in [3.63, 3.8) is 0 Å². The van der Waals surface area contributed by atoms with Crippen LogP contribution in [-0.2, 0) is 4.74 Å². The quantitative estimate of drug-likeness (QED) is 0.721. The first-order chi connectivity index (χ1) is 8.63. The highest BCUT2D eigenvalue weighted by molar-refractivity contribution is 7.80. The molecule has 0 amide bonds. The number of hydrogen-bond acceptors (Lipinski definition) is 3. The van der Waals surface area contributed by atoms with Crippen LogP contribution >= 0.6 is 12.2 Å². The standard InChI is InChI=1S/C14H26N2OS/c1-2-8-17-12-4-3-7-16(10-12)11-14(5-6-14)9-13(15)18/h12H,2-11H2,1H3,(H2,15,18). The Bertz CT molecular complexity index is 292. The van der Waals surface area contributed by atoms with Crippen molar-refractivity contribution in [2.75, 3.05) is 26.2 Å². The molecule has 1 aliphatic carbocycles. The van der Waals surface area contributed by atoms with Gasteiger partial charge in [0.2, 0.25) is 0 Å². The van der Waals surface area contributed by atoms with E-state index in [2.05, 4.69) is 11.8 Å². The molecule has 104 valence electrons. The Morgan fingerprint density at radius 3 is 2.89 bits per heavy atom. The highest BCUT2D eigenvalue weighted by Gasteiger charge is 2.44. The van der Waals surface area contributed by atoms with Gasteiger partial charge in [-0.15, -0.1) is 0 Å². The van der Waals surface area contributed by atoms with Gasteiger partial charge in [-0.2, -0.15) is 0 Å². The molecule has 2 fully saturated rings. The number of likely N-dealkylation sites (tertiary alicyclic amines) is 1. The molecular weight excluding hydrogens is 244 g/mol. The summed E-state index contributed by atoms with van der Waals surface area (Å²) in [6.07, 6.45) is 7.56. The van der Waals surface area contributed by atoms with Gasteiger partial charge in [-0.3, -0.25) is 0 Å². The fourth-order valence-corrected chi connectivity index (χ4v) is 3.29. The van der Waals surface area contributed by atoms with Crippen molar-refractivity contribution in [1.29, 1.82) is 0 Å². The SMILES string of the molecule is CCCOC1CCCN(CC2(CC(N)=S)CC2)C1. The van der Waals surface area contributed by atoms with Crippen LogP contribution in [0.1, 0.15) is 45.4 Å². The maximum Gasteiger partial charge on any atom is 0.0733 e. The lowest BCUT2D eigenvalue weighted by molar-refractivity contribution is -0.00480. The maximum atomic E-state index is 5.89. The predicted octanol–water partition coefficient (Wildman–Crippen LogP) is 2.33. The van der Waals surface area contributed by atoms with Crippen LogP contribution in [0, 0.1) is 5.41 Å². The van der Waals surface area contributed by atoms with Crippen LogP contribution in [0.4, 0.5) is 0 Å². The van der Waals surface area contributed by atoms with Crippen molar-refractivity contribution >= 4 is 17.2 Å². The zero-order valence-corrected chi connectivity index (χ0v) is 12.3. The minimum atomic E-state index is 0.415. The largest absolute Gasteiger partial charge is 0.393 e. The molecule has 0 aromatic rings. The van der Waals surface area contributed by atoms with Crippen LogP contribution in [0.3, 0.4) is 0 Å². The van der Waals surface area contributed by atoms with Crippen LogP contribution in [0.15, 0.2) is 0 Å². The van der Waals surface area contributed by atoms with Gasteiger partial charge in [-0.05, 0) is 44.1 Å². The molecule has 0 aromatic carbocycles. The molecule has 2 N–H and O–H groups in total. The van der Waals surface area contributed by atoms with E-state index in [0.717, 1.165) is 32.5 Å². The van der Waals surface area contributed by atoms with E-state index < -0.39 is 0 Å². The molecule has 1 saturated heterocycles. The summed E-state index contributed by atoms with van der Waals surface area (Å²) in [5.74, 6) is 0. The first-order valence-corrected chi connectivity index (χ1v) is 7.67. The monoisotopic (exact) mass is 270 g/mol. The molecule has 0 bridgehead atoms. The van der Waals surface area contributed by atoms with E-state index in [-0.39, 0.29) is 0 Å². The summed E-state index contributed by atoms with van der Waals surface area (Å²) >= 11 is 5.07. The summed E-state index contributed by atoms with van der Waals surface area (Å²) in [4.78, 5) is 3.25. The van der Waals surface area contributed by atoms with Gasteiger partial charge < -0.3 is 15.4 Å². The molecule has 1 aliphatic heterocycles. The number of nitrogens with two attached hydrogens (primary N) is 1. The fourth-order valence-electron chi connectivity index (χ4n) is 2.99. The topological polar surface area (TPSA) is 38.5 Å². The average molecular weight is 270 g/mol. The molecule has 1 atom stereocenters. The van der Waals surface area contributed by atoms with E-state index in [1.54, 1.807) is 0 Å². The van der Waals surface area contributed by atoms with Crippen molar-refractivity contribution in [2.45, 2.75) is 51.6 Å². The third kappa shape index (κ3) is 4.18. The second-order valence-electron chi connectivity index (χ2n) is 6.01. The van der Waals surface area contributed by atoms with Gasteiger partial charge in [0.05, 0.1) is 11.1 Å². The summed E-state index contributed by atoms with van der Waals surface area (Å²) in [6, 6.07) is 0. The lowest BCUT2D eigenvalue weighted by atomic mass is 9.99. The molecule has 1 heterocycles. The summed E-state index contributed by atoms with van der Waals surface area (Å²) in [7, 11) is 0. The number of hydrogen-bond donors (Lipinski definition) is 1. The summed E-state index contributed by atoms with van der Waals surface area (Å²) < 4.78 is 5.89. The van der Waals surface area contributed by atoms with Gasteiger partial charge >= 0.3 is 0 Å². The van der Waals surface area contributed by atoms with Gasteiger partial charge in [0.15, 0.2) is 0 Å². The van der Waals surface area contributed by atoms with E-state index in [9.17, 15) is 0 Å². The van der Waals surface area contributed by atoms with Gasteiger partial charge in [0, 0.05) is 26.1 Å². The third-order valence-electron chi connectivity index (χ3n) is 4.09. The molecule has 0 radical (unpaired) electrons. The average Bonchev–Trinajstić information content (AvgIpc) is 3.05. The smallest absolute Gasteiger partial charge is 0.0733 e. The van der Waals surface area contributed by atoms with Crippen LogP contribution < -0.4 is 5.73 Å². The Kier molecular flexibility index (Phi) is 4.98. The zero-order chi connectivity index (χ0) is 13.0. The van der Waals surface area contributed by atoms with E-state index in [1.165, 1.54) is 32.2 Å². The minimum Gasteiger partial charge on any atom is -0.393 e. The van der Waals surface area contributed by atoms with E-state index in [1.807, 2.05) is 0 Å². The Hall–Kier alpha value is -0.190. The molecule has 18 heavy (non-hydrogen) atoms. The number of rotatable bonds is 7. The molecule has 0 spiro atoms. The summed E-state index contributed by atoms with van der Waals surface area (Å²) in [5.41, 5.74) is 6.12. The fraction of sp³-hybridized carbons (Fsp3) is 0.929. The van der Waals surface area contributed by atoms with Gasteiger partial charge in [0.1, 0.15) is 0 Å². The zero-order valence-electron chi connectivity index (χ0n) is 11.5. The molecule has 2 aliphatic rings. The van der Waals surface area contributed by atoms with Gasteiger partial charge in [-0.25, -0.2) is 0 Å². The van der Waals surface area contributed by atoms with Crippen LogP contribution in [0.5, 0.6) is 0 Å². The van der Waals surface area contributed by atoms with Crippen LogP contribution in [0.2, 0.25) is 0 Å². The lowest BCUT2D eigenvalue weighted by Gasteiger charge is -2.35. The van der Waals surface area contributed by atoms with Crippen molar-refractivity contribution in [1.82, 2.24) is 4.90 Å². The van der Waals surface area contributed by atoms with E-state index in [0.29, 0.717) is 16.5 Å². The number of piperidine rings is 1. The van der Waals surface area contributed by atoms with Crippen molar-refractivity contribution in [3.8, 4) is 0 Å². The van der Waals surface area contributed by atoms with Gasteiger partial charge in [-0.1, -0.05) is 19.1 Å². The lowest BCUT2D eigenvalue weighted by Crippen LogP contribution is -2.43. The van der Waals surface area contributed by atoms with Crippen molar-refractivity contribution in [2.24, 2.45) is 11.1 Å². The molecule has 3 nitrogen and oxygen atoms in total. The molecule has 1 saturated carbocycles. The third-order valence-corrected chi connectivity index (χ3v) is 4.23. The number of thiocarbonyl (C=S) groups is 1. The van der Waals surface area contributed by atoms with Crippen LogP contribution in [0.25, 0.3) is 0 Å². The molecule has 2 rings (SSSR count). The van der Waals surface area contributed by atoms with Crippen molar-refractivity contribution < 1.29 is 4.74 Å². The molecular formula is C14H26N2OS. The van der Waals surface area contributed by atoms with Gasteiger partial charge in [0.25, 0.3) is 0 Å². The summed E-state index contributed by atoms with van der Waals surface area (Å²) in [5, 5.41) is 0. The molecule has 4 heteroatoms. The Balaban J connectivity index is 1.77. The maximum absolute atomic E-state index is 5.89. The van der Waals surface area contributed by atoms with Crippen molar-refractivity contribution in [3.05, 3.63) is 0 Å². The Labute approximate surface area is 116 Å². The number of ether oxygens (including phenoxy) is 1. The summed E-state index contributed by atoms with van der Waals surface area (Å²) in [6.45, 7) is 6.54.